The Labute approximate surface area is 208 Å². The smallest absolute Gasteiger partial charge is 0.225 e. The van der Waals surface area contributed by atoms with Gasteiger partial charge < -0.3 is 24.8 Å². The Morgan fingerprint density at radius 2 is 1.56 bits per heavy atom. The first-order chi connectivity index (χ1) is 17.6. The van der Waals surface area contributed by atoms with Gasteiger partial charge in [-0.05, 0) is 23.8 Å². The monoisotopic (exact) mass is 506 g/mol. The van der Waals surface area contributed by atoms with Crippen molar-refractivity contribution in [2.75, 3.05) is 62.3 Å². The topological polar surface area (TPSA) is 129 Å². The second kappa shape index (κ2) is 9.45. The van der Waals surface area contributed by atoms with Gasteiger partial charge in [0.2, 0.25) is 15.8 Å². The summed E-state index contributed by atoms with van der Waals surface area (Å²) in [5.74, 6) is 1.42. The van der Waals surface area contributed by atoms with Gasteiger partial charge in [0.05, 0.1) is 35.9 Å². The summed E-state index contributed by atoms with van der Waals surface area (Å²) in [6, 6.07) is 8.79. The Hall–Kier alpha value is -3.61. The zero-order chi connectivity index (χ0) is 24.5. The fraction of sp³-hybridized carbons (Fsp3) is 0.333. The molecule has 1 aromatic carbocycles. The highest BCUT2D eigenvalue weighted by Crippen LogP contribution is 2.30. The number of benzene rings is 1. The van der Waals surface area contributed by atoms with Crippen molar-refractivity contribution >= 4 is 32.6 Å². The van der Waals surface area contributed by atoms with Crippen molar-refractivity contribution in [3.8, 4) is 11.3 Å². The van der Waals surface area contributed by atoms with E-state index in [9.17, 15) is 8.42 Å². The minimum Gasteiger partial charge on any atom is -0.378 e. The van der Waals surface area contributed by atoms with Crippen LogP contribution < -0.4 is 15.1 Å². The van der Waals surface area contributed by atoms with Gasteiger partial charge in [-0.2, -0.15) is 0 Å². The third-order valence-electron chi connectivity index (χ3n) is 6.52. The van der Waals surface area contributed by atoms with E-state index in [0.717, 1.165) is 67.4 Å². The number of rotatable bonds is 5. The van der Waals surface area contributed by atoms with Gasteiger partial charge in [0, 0.05) is 45.0 Å². The molecular formula is C24H26N8O3S. The summed E-state index contributed by atoms with van der Waals surface area (Å²) in [4.78, 5) is 25.3. The van der Waals surface area contributed by atoms with Crippen molar-refractivity contribution in [3.63, 3.8) is 0 Å². The van der Waals surface area contributed by atoms with E-state index >= 15 is 0 Å². The molecule has 0 amide bonds. The maximum atomic E-state index is 13.2. The van der Waals surface area contributed by atoms with Crippen LogP contribution >= 0.6 is 0 Å². The van der Waals surface area contributed by atoms with Gasteiger partial charge in [-0.15, -0.1) is 0 Å². The molecule has 2 N–H and O–H groups in total. The average molecular weight is 507 g/mol. The molecule has 36 heavy (non-hydrogen) atoms. The second-order valence-corrected chi connectivity index (χ2v) is 10.7. The summed E-state index contributed by atoms with van der Waals surface area (Å²) in [6.07, 6.45) is 4.33. The molecule has 2 aliphatic heterocycles. The fourth-order valence-electron chi connectivity index (χ4n) is 4.54. The molecule has 5 heterocycles. The summed E-state index contributed by atoms with van der Waals surface area (Å²) >= 11 is 0. The van der Waals surface area contributed by atoms with E-state index in [4.69, 9.17) is 4.74 Å². The Bertz CT molecular complexity index is 1460. The summed E-state index contributed by atoms with van der Waals surface area (Å²) in [7, 11) is -3.74. The molecule has 2 aliphatic rings. The fourth-order valence-corrected chi connectivity index (χ4v) is 5.68. The number of aromatic nitrogens is 5. The van der Waals surface area contributed by atoms with E-state index in [-0.39, 0.29) is 9.79 Å². The van der Waals surface area contributed by atoms with Crippen LogP contribution in [-0.2, 0) is 14.6 Å². The van der Waals surface area contributed by atoms with Crippen LogP contribution in [0.5, 0.6) is 0 Å². The highest BCUT2D eigenvalue weighted by molar-refractivity contribution is 7.91. The van der Waals surface area contributed by atoms with Crippen molar-refractivity contribution in [3.05, 3.63) is 49.1 Å². The lowest BCUT2D eigenvalue weighted by molar-refractivity contribution is 0.122. The molecule has 0 atom stereocenters. The lowest BCUT2D eigenvalue weighted by Gasteiger charge is -2.27. The molecule has 11 nitrogen and oxygen atoms in total. The number of fused-ring (bicyclic) bond motifs is 1. The number of piperazine rings is 1. The van der Waals surface area contributed by atoms with Crippen LogP contribution in [0.1, 0.15) is 0 Å². The quantitative estimate of drug-likeness (QED) is 0.411. The number of aromatic amines is 1. The molecule has 6 rings (SSSR count). The van der Waals surface area contributed by atoms with E-state index < -0.39 is 9.84 Å². The molecule has 0 saturated carbocycles. The van der Waals surface area contributed by atoms with E-state index in [1.165, 1.54) is 12.4 Å². The third-order valence-corrected chi connectivity index (χ3v) is 8.24. The van der Waals surface area contributed by atoms with Crippen LogP contribution in [0, 0.1) is 0 Å². The number of hydrogen-bond acceptors (Lipinski definition) is 10. The van der Waals surface area contributed by atoms with Crippen LogP contribution in [0.25, 0.3) is 22.3 Å². The predicted octanol–water partition coefficient (Wildman–Crippen LogP) is 1.49. The van der Waals surface area contributed by atoms with Crippen LogP contribution in [0.4, 0.5) is 11.8 Å². The van der Waals surface area contributed by atoms with Crippen LogP contribution in [-0.4, -0.2) is 85.8 Å². The first-order valence-corrected chi connectivity index (χ1v) is 13.4. The van der Waals surface area contributed by atoms with Crippen molar-refractivity contribution in [2.24, 2.45) is 0 Å². The molecule has 2 saturated heterocycles. The molecule has 186 valence electrons. The van der Waals surface area contributed by atoms with Crippen molar-refractivity contribution in [1.29, 1.82) is 0 Å². The van der Waals surface area contributed by atoms with E-state index in [1.807, 2.05) is 11.0 Å². The molecule has 0 unspecified atom stereocenters. The van der Waals surface area contributed by atoms with Crippen LogP contribution in [0.3, 0.4) is 0 Å². The zero-order valence-electron chi connectivity index (χ0n) is 19.6. The number of ether oxygens (including phenoxy) is 1. The molecule has 12 heteroatoms. The Morgan fingerprint density at radius 1 is 0.833 bits per heavy atom. The summed E-state index contributed by atoms with van der Waals surface area (Å²) < 4.78 is 31.8. The predicted molar refractivity (Wildman–Crippen MR) is 135 cm³/mol. The van der Waals surface area contributed by atoms with E-state index in [0.29, 0.717) is 19.2 Å². The standard InChI is InChI=1S/C24H26N8O3S/c33-36(34,19-14-26-24(27-15-19)32-7-5-25-6-8-32)18-3-1-17(2-4-18)21-13-20-22(30-21)28-16-29-23(20)31-9-11-35-12-10-31/h1-4,13-16,25H,5-12H2,(H,28,29,30). The summed E-state index contributed by atoms with van der Waals surface area (Å²) in [5, 5.41) is 4.20. The SMILES string of the molecule is O=S(=O)(c1ccc(-c2cc3c(N4CCOCC4)ncnc3[nH]2)cc1)c1cnc(N2CCNCC2)nc1. The maximum Gasteiger partial charge on any atom is 0.225 e. The van der Waals surface area contributed by atoms with Gasteiger partial charge in [0.1, 0.15) is 22.7 Å². The zero-order valence-corrected chi connectivity index (χ0v) is 20.4. The lowest BCUT2D eigenvalue weighted by Crippen LogP contribution is -2.44. The third kappa shape index (κ3) is 4.27. The molecule has 3 aromatic heterocycles. The first-order valence-electron chi connectivity index (χ1n) is 11.9. The Morgan fingerprint density at radius 3 is 2.28 bits per heavy atom. The van der Waals surface area contributed by atoms with Gasteiger partial charge in [-0.3, -0.25) is 0 Å². The maximum absolute atomic E-state index is 13.2. The second-order valence-electron chi connectivity index (χ2n) is 8.73. The summed E-state index contributed by atoms with van der Waals surface area (Å²) in [6.45, 7) is 6.19. The Balaban J connectivity index is 1.25. The van der Waals surface area contributed by atoms with Crippen molar-refractivity contribution < 1.29 is 13.2 Å². The minimum atomic E-state index is -3.74. The highest BCUT2D eigenvalue weighted by Gasteiger charge is 2.21. The van der Waals surface area contributed by atoms with Crippen LogP contribution in [0.15, 0.2) is 58.8 Å². The molecule has 0 aliphatic carbocycles. The number of morpholine rings is 1. The van der Waals surface area contributed by atoms with Gasteiger partial charge in [-0.25, -0.2) is 28.4 Å². The minimum absolute atomic E-state index is 0.0742. The largest absolute Gasteiger partial charge is 0.378 e. The van der Waals surface area contributed by atoms with Gasteiger partial charge in [-0.1, -0.05) is 12.1 Å². The molecule has 0 bridgehead atoms. The molecule has 0 spiro atoms. The first kappa shape index (κ1) is 22.8. The van der Waals surface area contributed by atoms with Crippen LogP contribution in [0.2, 0.25) is 0 Å². The summed E-state index contributed by atoms with van der Waals surface area (Å²) in [5.41, 5.74) is 2.43. The van der Waals surface area contributed by atoms with Crippen molar-refractivity contribution in [1.82, 2.24) is 30.2 Å². The molecule has 4 aromatic rings. The lowest BCUT2D eigenvalue weighted by atomic mass is 10.1. The van der Waals surface area contributed by atoms with Gasteiger partial charge in [0.15, 0.2) is 0 Å². The van der Waals surface area contributed by atoms with Gasteiger partial charge >= 0.3 is 0 Å². The van der Waals surface area contributed by atoms with E-state index in [1.54, 1.807) is 30.6 Å². The number of nitrogens with zero attached hydrogens (tertiary/aromatic N) is 6. The number of anilines is 2. The molecule has 0 radical (unpaired) electrons. The highest BCUT2D eigenvalue weighted by atomic mass is 32.2. The number of hydrogen-bond donors (Lipinski definition) is 2. The normalized spacial score (nSPS) is 17.0. The number of nitrogens with one attached hydrogen (secondary N) is 2. The molecular weight excluding hydrogens is 480 g/mol. The Kier molecular flexibility index (Phi) is 5.99. The average Bonchev–Trinajstić information content (AvgIpc) is 3.39. The molecule has 2 fully saturated rings. The number of sulfone groups is 1. The number of H-pyrrole nitrogens is 1. The van der Waals surface area contributed by atoms with Crippen molar-refractivity contribution in [2.45, 2.75) is 9.79 Å². The van der Waals surface area contributed by atoms with Gasteiger partial charge in [0.25, 0.3) is 0 Å². The van der Waals surface area contributed by atoms with E-state index in [2.05, 4.69) is 35.1 Å².